The molecule has 1 saturated heterocycles. The average molecular weight is 322 g/mol. The lowest BCUT2D eigenvalue weighted by Gasteiger charge is -2.18. The molecule has 24 heavy (non-hydrogen) atoms. The minimum Gasteiger partial charge on any atom is -0.356 e. The van der Waals surface area contributed by atoms with Gasteiger partial charge in [-0.3, -0.25) is 9.59 Å². The molecule has 2 N–H and O–H groups in total. The molecule has 2 aromatic carbocycles. The Morgan fingerprint density at radius 2 is 2.08 bits per heavy atom. The summed E-state index contributed by atoms with van der Waals surface area (Å²) in [5.74, 6) is -0.0465. The van der Waals surface area contributed by atoms with E-state index in [4.69, 9.17) is 0 Å². The highest BCUT2D eigenvalue weighted by Gasteiger charge is 2.27. The summed E-state index contributed by atoms with van der Waals surface area (Å²) in [4.78, 5) is 24.4. The quantitative estimate of drug-likeness (QED) is 0.831. The van der Waals surface area contributed by atoms with Crippen LogP contribution in [0.3, 0.4) is 0 Å². The molecular formula is C20H22N2O2. The highest BCUT2D eigenvalue weighted by atomic mass is 16.2. The van der Waals surface area contributed by atoms with Crippen LogP contribution in [0.15, 0.2) is 54.6 Å². The van der Waals surface area contributed by atoms with Gasteiger partial charge in [-0.15, -0.1) is 0 Å². The number of nitrogens with one attached hydrogen (secondary N) is 2. The Morgan fingerprint density at radius 3 is 2.79 bits per heavy atom. The predicted octanol–water partition coefficient (Wildman–Crippen LogP) is 3.04. The molecule has 2 aromatic rings. The van der Waals surface area contributed by atoms with E-state index in [9.17, 15) is 9.59 Å². The zero-order valence-electron chi connectivity index (χ0n) is 13.8. The highest BCUT2D eigenvalue weighted by molar-refractivity contribution is 5.98. The van der Waals surface area contributed by atoms with Crippen molar-refractivity contribution in [2.45, 2.75) is 25.8 Å². The van der Waals surface area contributed by atoms with Crippen LogP contribution in [-0.4, -0.2) is 24.4 Å². The monoisotopic (exact) mass is 322 g/mol. The average Bonchev–Trinajstić information content (AvgIpc) is 2.99. The van der Waals surface area contributed by atoms with Crippen LogP contribution in [0.4, 0.5) is 0 Å². The maximum Gasteiger partial charge on any atom is 0.251 e. The Kier molecular flexibility index (Phi) is 4.94. The van der Waals surface area contributed by atoms with Gasteiger partial charge in [-0.2, -0.15) is 0 Å². The van der Waals surface area contributed by atoms with E-state index in [1.807, 2.05) is 61.5 Å². The Labute approximate surface area is 141 Å². The van der Waals surface area contributed by atoms with E-state index in [-0.39, 0.29) is 23.8 Å². The van der Waals surface area contributed by atoms with Crippen molar-refractivity contribution in [2.24, 2.45) is 5.92 Å². The molecule has 0 saturated carbocycles. The lowest BCUT2D eigenvalue weighted by atomic mass is 9.97. The number of fused-ring (bicyclic) bond motifs is 1. The molecule has 4 heteroatoms. The van der Waals surface area contributed by atoms with E-state index < -0.39 is 0 Å². The second kappa shape index (κ2) is 7.30. The van der Waals surface area contributed by atoms with Gasteiger partial charge in [-0.25, -0.2) is 0 Å². The summed E-state index contributed by atoms with van der Waals surface area (Å²) in [5, 5.41) is 8.04. The first-order chi connectivity index (χ1) is 11.7. The second-order valence-electron chi connectivity index (χ2n) is 6.18. The van der Waals surface area contributed by atoms with E-state index in [2.05, 4.69) is 10.6 Å². The first kappa shape index (κ1) is 16.2. The van der Waals surface area contributed by atoms with Crippen molar-refractivity contribution in [2.75, 3.05) is 6.54 Å². The lowest BCUT2D eigenvalue weighted by molar-refractivity contribution is -0.122. The van der Waals surface area contributed by atoms with Crippen molar-refractivity contribution in [3.05, 3.63) is 60.2 Å². The molecule has 1 fully saturated rings. The summed E-state index contributed by atoms with van der Waals surface area (Å²) < 4.78 is 0. The SMILES string of the molecule is C/C=C/[C@H](C[C@@H]1CCNC1=O)NC(=O)c1ccc2ccccc2c1. The largest absolute Gasteiger partial charge is 0.356 e. The van der Waals surface area contributed by atoms with Gasteiger partial charge >= 0.3 is 0 Å². The van der Waals surface area contributed by atoms with Crippen molar-refractivity contribution < 1.29 is 9.59 Å². The normalized spacial score (nSPS) is 18.7. The van der Waals surface area contributed by atoms with Crippen LogP contribution in [-0.2, 0) is 4.79 Å². The third-order valence-electron chi connectivity index (χ3n) is 4.45. The molecule has 0 unspecified atom stereocenters. The van der Waals surface area contributed by atoms with Crippen molar-refractivity contribution >= 4 is 22.6 Å². The van der Waals surface area contributed by atoms with E-state index in [0.29, 0.717) is 12.0 Å². The molecule has 124 valence electrons. The predicted molar refractivity (Wildman–Crippen MR) is 95.7 cm³/mol. The minimum absolute atomic E-state index is 0.0249. The van der Waals surface area contributed by atoms with Crippen molar-refractivity contribution in [3.8, 4) is 0 Å². The van der Waals surface area contributed by atoms with E-state index in [1.165, 1.54) is 0 Å². The van der Waals surface area contributed by atoms with Crippen LogP contribution in [0.25, 0.3) is 10.8 Å². The number of amides is 2. The van der Waals surface area contributed by atoms with Gasteiger partial charge in [0.1, 0.15) is 0 Å². The Bertz CT molecular complexity index is 782. The number of hydrogen-bond acceptors (Lipinski definition) is 2. The number of carbonyl (C=O) groups is 2. The molecule has 0 aromatic heterocycles. The Hall–Kier alpha value is -2.62. The van der Waals surface area contributed by atoms with Gasteiger partial charge in [0.05, 0.1) is 0 Å². The van der Waals surface area contributed by atoms with E-state index in [1.54, 1.807) is 0 Å². The standard InChI is InChI=1S/C20H22N2O2/c1-2-5-18(13-17-10-11-21-19(17)23)22-20(24)16-9-8-14-6-3-4-7-15(14)12-16/h2-9,12,17-18H,10-11,13H2,1H3,(H,21,23)(H,22,24)/b5-2+/t17-,18+/m0/s1. The zero-order valence-corrected chi connectivity index (χ0v) is 13.8. The third kappa shape index (κ3) is 3.65. The van der Waals surface area contributed by atoms with Crippen LogP contribution in [0, 0.1) is 5.92 Å². The summed E-state index contributed by atoms with van der Waals surface area (Å²) in [7, 11) is 0. The second-order valence-corrected chi connectivity index (χ2v) is 6.18. The maximum absolute atomic E-state index is 12.6. The molecule has 0 spiro atoms. The van der Waals surface area contributed by atoms with Gasteiger partial charge in [0.25, 0.3) is 5.91 Å². The van der Waals surface area contributed by atoms with Crippen LogP contribution in [0.1, 0.15) is 30.1 Å². The Morgan fingerprint density at radius 1 is 1.29 bits per heavy atom. The highest BCUT2D eigenvalue weighted by Crippen LogP contribution is 2.18. The van der Waals surface area contributed by atoms with Crippen molar-refractivity contribution in [3.63, 3.8) is 0 Å². The number of carbonyl (C=O) groups excluding carboxylic acids is 2. The summed E-state index contributed by atoms with van der Waals surface area (Å²) >= 11 is 0. The summed E-state index contributed by atoms with van der Waals surface area (Å²) in [6, 6.07) is 13.5. The van der Waals surface area contributed by atoms with Gasteiger partial charge in [0.15, 0.2) is 0 Å². The van der Waals surface area contributed by atoms with Gasteiger partial charge in [0, 0.05) is 24.1 Å². The number of allylic oxidation sites excluding steroid dienone is 1. The first-order valence-corrected chi connectivity index (χ1v) is 8.37. The number of rotatable bonds is 5. The van der Waals surface area contributed by atoms with E-state index >= 15 is 0 Å². The molecule has 0 bridgehead atoms. The third-order valence-corrected chi connectivity index (χ3v) is 4.45. The van der Waals surface area contributed by atoms with Gasteiger partial charge in [-0.05, 0) is 42.7 Å². The fourth-order valence-electron chi connectivity index (χ4n) is 3.18. The molecule has 2 atom stereocenters. The summed E-state index contributed by atoms with van der Waals surface area (Å²) in [6.07, 6.45) is 5.33. The van der Waals surface area contributed by atoms with Crippen molar-refractivity contribution in [1.82, 2.24) is 10.6 Å². The van der Waals surface area contributed by atoms with Gasteiger partial charge < -0.3 is 10.6 Å². The van der Waals surface area contributed by atoms with Crippen LogP contribution in [0.2, 0.25) is 0 Å². The molecule has 3 rings (SSSR count). The maximum atomic E-state index is 12.6. The molecule has 1 aliphatic rings. The summed E-state index contributed by atoms with van der Waals surface area (Å²) in [6.45, 7) is 2.65. The number of hydrogen-bond donors (Lipinski definition) is 2. The molecule has 2 amide bonds. The minimum atomic E-state index is -0.136. The smallest absolute Gasteiger partial charge is 0.251 e. The fourth-order valence-corrected chi connectivity index (χ4v) is 3.18. The molecular weight excluding hydrogens is 300 g/mol. The molecule has 1 heterocycles. The topological polar surface area (TPSA) is 58.2 Å². The zero-order chi connectivity index (χ0) is 16.9. The molecule has 0 aliphatic carbocycles. The van der Waals surface area contributed by atoms with Crippen molar-refractivity contribution in [1.29, 1.82) is 0 Å². The van der Waals surface area contributed by atoms with E-state index in [0.717, 1.165) is 23.7 Å². The van der Waals surface area contributed by atoms with Crippen LogP contribution < -0.4 is 10.6 Å². The summed E-state index contributed by atoms with van der Waals surface area (Å²) in [5.41, 5.74) is 0.638. The fraction of sp³-hybridized carbons (Fsp3) is 0.300. The molecule has 1 aliphatic heterocycles. The van der Waals surface area contributed by atoms with Crippen LogP contribution >= 0.6 is 0 Å². The lowest BCUT2D eigenvalue weighted by Crippen LogP contribution is -2.36. The Balaban J connectivity index is 1.73. The van der Waals surface area contributed by atoms with Crippen LogP contribution in [0.5, 0.6) is 0 Å². The molecule has 0 radical (unpaired) electrons. The number of benzene rings is 2. The molecule has 4 nitrogen and oxygen atoms in total. The van der Waals surface area contributed by atoms with Gasteiger partial charge in [-0.1, -0.05) is 42.5 Å². The van der Waals surface area contributed by atoms with Gasteiger partial charge in [0.2, 0.25) is 5.91 Å². The first-order valence-electron chi connectivity index (χ1n) is 8.37.